The largest absolute Gasteiger partial charge is 0.399 e. The summed E-state index contributed by atoms with van der Waals surface area (Å²) in [6.07, 6.45) is 1.07. The third kappa shape index (κ3) is 4.68. The Labute approximate surface area is 186 Å². The van der Waals surface area contributed by atoms with Gasteiger partial charge in [0.15, 0.2) is 0 Å². The summed E-state index contributed by atoms with van der Waals surface area (Å²) in [4.78, 5) is 11.7. The van der Waals surface area contributed by atoms with E-state index in [0.717, 1.165) is 42.8 Å². The molecule has 0 radical (unpaired) electrons. The van der Waals surface area contributed by atoms with Gasteiger partial charge in [0.25, 0.3) is 0 Å². The molecule has 1 aliphatic heterocycles. The number of nitrogens with zero attached hydrogens (tertiary/aromatic N) is 4. The number of rotatable bonds is 5. The molecule has 1 aromatic heterocycles. The monoisotopic (exact) mass is 443 g/mol. The van der Waals surface area contributed by atoms with Gasteiger partial charge < -0.3 is 21.3 Å². The molecule has 4 rings (SSSR count). The van der Waals surface area contributed by atoms with Gasteiger partial charge in [0.2, 0.25) is 5.95 Å². The summed E-state index contributed by atoms with van der Waals surface area (Å²) in [5.41, 5.74) is 8.32. The van der Waals surface area contributed by atoms with E-state index in [1.54, 1.807) is 18.2 Å². The highest BCUT2D eigenvalue weighted by Gasteiger charge is 2.25. The number of fused-ring (bicyclic) bond motifs is 1. The number of benzene rings is 2. The first-order valence-corrected chi connectivity index (χ1v) is 9.97. The fourth-order valence-corrected chi connectivity index (χ4v) is 3.87. The first kappa shape index (κ1) is 21.9. The number of hydrogen-bond acceptors (Lipinski definition) is 7. The Bertz CT molecular complexity index is 1100. The molecule has 0 unspecified atom stereocenters. The Morgan fingerprint density at radius 3 is 2.87 bits per heavy atom. The lowest BCUT2D eigenvalue weighted by molar-refractivity contribution is 0.571. The van der Waals surface area contributed by atoms with Crippen molar-refractivity contribution in [2.45, 2.75) is 19.4 Å². The Morgan fingerprint density at radius 2 is 2.10 bits per heavy atom. The van der Waals surface area contributed by atoms with E-state index in [1.165, 1.54) is 0 Å². The molecule has 1 fully saturated rings. The number of halogens is 2. The first-order chi connectivity index (χ1) is 14.1. The normalized spacial score (nSPS) is 15.6. The van der Waals surface area contributed by atoms with Crippen LogP contribution in [-0.2, 0) is 0 Å². The molecule has 0 spiro atoms. The summed E-state index contributed by atoms with van der Waals surface area (Å²) in [6, 6.07) is 13.3. The standard InChI is InChI=1S/C21H22ClN7.ClH/c1-2-25-16-5-6-29(12-16)20-18-4-3-14(22)9-19(18)27-21(28-20)26-17-8-13(11-23)7-15(24)10-17;/h3-4,7-10,16,25H,2,5-6,12,24H2,1H3,(H,26,27,28);1H/t16-;/m0./s1. The summed E-state index contributed by atoms with van der Waals surface area (Å²) in [7, 11) is 0. The van der Waals surface area contributed by atoms with Crippen LogP contribution in [0.25, 0.3) is 10.9 Å². The van der Waals surface area contributed by atoms with E-state index < -0.39 is 0 Å². The van der Waals surface area contributed by atoms with Crippen LogP contribution in [0.5, 0.6) is 0 Å². The second-order valence-electron chi connectivity index (χ2n) is 7.10. The van der Waals surface area contributed by atoms with Crippen molar-refractivity contribution in [3.63, 3.8) is 0 Å². The van der Waals surface area contributed by atoms with Crippen molar-refractivity contribution in [1.82, 2.24) is 15.3 Å². The van der Waals surface area contributed by atoms with Crippen LogP contribution >= 0.6 is 24.0 Å². The minimum Gasteiger partial charge on any atom is -0.399 e. The number of nitrogens with one attached hydrogen (secondary N) is 2. The topological polar surface area (TPSA) is 103 Å². The van der Waals surface area contributed by atoms with Crippen LogP contribution in [0.1, 0.15) is 18.9 Å². The Hall–Kier alpha value is -2.79. The predicted molar refractivity (Wildman–Crippen MR) is 125 cm³/mol. The fraction of sp³-hybridized carbons (Fsp3) is 0.286. The molecule has 30 heavy (non-hydrogen) atoms. The molecule has 0 amide bonds. The second-order valence-corrected chi connectivity index (χ2v) is 7.54. The number of likely N-dealkylation sites (N-methyl/N-ethyl adjacent to an activating group) is 1. The minimum absolute atomic E-state index is 0. The Morgan fingerprint density at radius 1 is 1.27 bits per heavy atom. The second kappa shape index (κ2) is 9.35. The first-order valence-electron chi connectivity index (χ1n) is 9.59. The predicted octanol–water partition coefficient (Wildman–Crippen LogP) is 4.09. The van der Waals surface area contributed by atoms with Crippen molar-refractivity contribution < 1.29 is 0 Å². The van der Waals surface area contributed by atoms with Crippen LogP contribution in [0, 0.1) is 11.3 Å². The average molecular weight is 444 g/mol. The summed E-state index contributed by atoms with van der Waals surface area (Å²) < 4.78 is 0. The number of nitrogen functional groups attached to an aromatic ring is 1. The summed E-state index contributed by atoms with van der Waals surface area (Å²) in [6.45, 7) is 4.87. The lowest BCUT2D eigenvalue weighted by Gasteiger charge is -2.21. The van der Waals surface area contributed by atoms with Crippen LogP contribution in [0.3, 0.4) is 0 Å². The van der Waals surface area contributed by atoms with Crippen LogP contribution in [0.2, 0.25) is 5.02 Å². The molecule has 0 aliphatic carbocycles. The van der Waals surface area contributed by atoms with E-state index in [-0.39, 0.29) is 12.4 Å². The maximum atomic E-state index is 9.19. The molecule has 0 saturated carbocycles. The van der Waals surface area contributed by atoms with Gasteiger partial charge in [-0.2, -0.15) is 10.2 Å². The van der Waals surface area contributed by atoms with E-state index in [0.29, 0.717) is 34.0 Å². The van der Waals surface area contributed by atoms with Gasteiger partial charge in [-0.3, -0.25) is 0 Å². The highest BCUT2D eigenvalue weighted by Crippen LogP contribution is 2.31. The van der Waals surface area contributed by atoms with Crippen LogP contribution in [0.15, 0.2) is 36.4 Å². The molecular formula is C21H23Cl2N7. The van der Waals surface area contributed by atoms with E-state index >= 15 is 0 Å². The zero-order chi connectivity index (χ0) is 20.4. The van der Waals surface area contributed by atoms with Gasteiger partial charge in [-0.05, 0) is 49.4 Å². The van der Waals surface area contributed by atoms with Gasteiger partial charge in [0.1, 0.15) is 5.82 Å². The number of hydrogen-bond donors (Lipinski definition) is 3. The Kier molecular flexibility index (Phi) is 6.83. The van der Waals surface area contributed by atoms with Gasteiger partial charge >= 0.3 is 0 Å². The molecule has 1 atom stereocenters. The highest BCUT2D eigenvalue weighted by molar-refractivity contribution is 6.31. The molecule has 1 saturated heterocycles. The fourth-order valence-electron chi connectivity index (χ4n) is 3.71. The third-order valence-corrected chi connectivity index (χ3v) is 5.20. The minimum atomic E-state index is 0. The molecule has 1 aliphatic rings. The van der Waals surface area contributed by atoms with E-state index in [4.69, 9.17) is 22.3 Å². The van der Waals surface area contributed by atoms with Crippen molar-refractivity contribution in [3.8, 4) is 6.07 Å². The SMILES string of the molecule is CCN[C@H]1CCN(c2nc(Nc3cc(N)cc(C#N)c3)nc3cc(Cl)ccc23)C1.Cl. The van der Waals surface area contributed by atoms with Gasteiger partial charge in [-0.25, -0.2) is 4.98 Å². The van der Waals surface area contributed by atoms with Crippen molar-refractivity contribution in [2.75, 3.05) is 35.6 Å². The Balaban J connectivity index is 0.00000256. The third-order valence-electron chi connectivity index (χ3n) is 4.96. The van der Waals surface area contributed by atoms with Gasteiger partial charge in [0.05, 0.1) is 17.1 Å². The van der Waals surface area contributed by atoms with Crippen molar-refractivity contribution >= 4 is 58.1 Å². The van der Waals surface area contributed by atoms with Crippen LogP contribution < -0.4 is 21.3 Å². The highest BCUT2D eigenvalue weighted by atomic mass is 35.5. The zero-order valence-electron chi connectivity index (χ0n) is 16.5. The molecule has 2 heterocycles. The maximum Gasteiger partial charge on any atom is 0.229 e. The molecule has 3 aromatic rings. The van der Waals surface area contributed by atoms with E-state index in [9.17, 15) is 5.26 Å². The zero-order valence-corrected chi connectivity index (χ0v) is 18.1. The number of anilines is 4. The lowest BCUT2D eigenvalue weighted by atomic mass is 10.2. The van der Waals surface area contributed by atoms with Crippen LogP contribution in [0.4, 0.5) is 23.1 Å². The number of nitrogens with two attached hydrogens (primary N) is 1. The molecule has 9 heteroatoms. The van der Waals surface area contributed by atoms with E-state index in [2.05, 4.69) is 33.5 Å². The van der Waals surface area contributed by atoms with Gasteiger partial charge in [0, 0.05) is 40.9 Å². The van der Waals surface area contributed by atoms with Crippen molar-refractivity contribution in [3.05, 3.63) is 47.0 Å². The average Bonchev–Trinajstić information content (AvgIpc) is 3.15. The smallest absolute Gasteiger partial charge is 0.229 e. The molecule has 4 N–H and O–H groups in total. The summed E-state index contributed by atoms with van der Waals surface area (Å²) in [5, 5.41) is 17.5. The van der Waals surface area contributed by atoms with Crippen molar-refractivity contribution in [1.29, 1.82) is 5.26 Å². The van der Waals surface area contributed by atoms with Crippen molar-refractivity contribution in [2.24, 2.45) is 0 Å². The maximum absolute atomic E-state index is 9.19. The van der Waals surface area contributed by atoms with E-state index in [1.807, 2.05) is 18.2 Å². The molecular weight excluding hydrogens is 421 g/mol. The summed E-state index contributed by atoms with van der Waals surface area (Å²) in [5.74, 6) is 1.31. The van der Waals surface area contributed by atoms with Crippen LogP contribution in [-0.4, -0.2) is 35.6 Å². The number of nitriles is 1. The lowest BCUT2D eigenvalue weighted by Crippen LogP contribution is -2.32. The quantitative estimate of drug-likeness (QED) is 0.510. The number of aromatic nitrogens is 2. The molecule has 0 bridgehead atoms. The summed E-state index contributed by atoms with van der Waals surface area (Å²) >= 11 is 6.21. The molecule has 156 valence electrons. The molecule has 2 aromatic carbocycles. The molecule has 7 nitrogen and oxygen atoms in total. The van der Waals surface area contributed by atoms with Gasteiger partial charge in [-0.15, -0.1) is 12.4 Å². The van der Waals surface area contributed by atoms with Gasteiger partial charge in [-0.1, -0.05) is 18.5 Å².